The van der Waals surface area contributed by atoms with E-state index in [-0.39, 0.29) is 23.4 Å². The first-order valence-electron chi connectivity index (χ1n) is 8.81. The minimum atomic E-state index is -0.366. The lowest BCUT2D eigenvalue weighted by molar-refractivity contribution is -0.134. The number of anilines is 1. The molecule has 3 heterocycles. The van der Waals surface area contributed by atoms with Crippen molar-refractivity contribution in [1.29, 1.82) is 0 Å². The third-order valence-corrected chi connectivity index (χ3v) is 5.15. The quantitative estimate of drug-likeness (QED) is 0.810. The number of hydrogen-bond donors (Lipinski definition) is 1. The number of nitrogens with one attached hydrogen (secondary N) is 1. The summed E-state index contributed by atoms with van der Waals surface area (Å²) >= 11 is 0. The van der Waals surface area contributed by atoms with Crippen LogP contribution >= 0.6 is 0 Å². The third-order valence-electron chi connectivity index (χ3n) is 5.15. The lowest BCUT2D eigenvalue weighted by atomic mass is 10.1. The Labute approximate surface area is 150 Å². The van der Waals surface area contributed by atoms with Crippen molar-refractivity contribution >= 4 is 28.4 Å². The molecule has 0 radical (unpaired) electrons. The van der Waals surface area contributed by atoms with E-state index in [2.05, 4.69) is 15.2 Å². The number of nitrogens with zero attached hydrogens (tertiary/aromatic N) is 4. The summed E-state index contributed by atoms with van der Waals surface area (Å²) in [6.45, 7) is 2.66. The van der Waals surface area contributed by atoms with E-state index in [1.165, 1.54) is 10.9 Å². The molecule has 0 saturated carbocycles. The van der Waals surface area contributed by atoms with Gasteiger partial charge in [-0.05, 0) is 24.6 Å². The molecule has 2 amide bonds. The van der Waals surface area contributed by atoms with Gasteiger partial charge in [0.25, 0.3) is 5.56 Å². The fourth-order valence-electron chi connectivity index (χ4n) is 3.60. The van der Waals surface area contributed by atoms with Crippen molar-refractivity contribution in [3.05, 3.63) is 34.9 Å². The maximum absolute atomic E-state index is 12.5. The molecule has 8 nitrogen and oxygen atoms in total. The number of aryl methyl sites for hydroxylation is 1. The number of hydrogen-bond acceptors (Lipinski definition) is 5. The number of aromatic nitrogens is 2. The molecule has 2 aliphatic rings. The SMILES string of the molecule is Cn1cnc2cc(N3CCN(C(=O)C4CCC(=O)N4)CC3)ccc2c1=O. The second kappa shape index (κ2) is 6.44. The summed E-state index contributed by atoms with van der Waals surface area (Å²) in [4.78, 5) is 44.2. The number of carbonyl (C=O) groups excluding carboxylic acids is 2. The second-order valence-electron chi connectivity index (χ2n) is 6.83. The van der Waals surface area contributed by atoms with Crippen LogP contribution in [0.25, 0.3) is 10.9 Å². The minimum absolute atomic E-state index is 0.0131. The molecular formula is C18H21N5O3. The van der Waals surface area contributed by atoms with Crippen molar-refractivity contribution in [2.75, 3.05) is 31.1 Å². The van der Waals surface area contributed by atoms with E-state index < -0.39 is 0 Å². The number of benzene rings is 1. The molecule has 26 heavy (non-hydrogen) atoms. The molecule has 136 valence electrons. The van der Waals surface area contributed by atoms with Crippen molar-refractivity contribution in [3.63, 3.8) is 0 Å². The fraction of sp³-hybridized carbons (Fsp3) is 0.444. The summed E-state index contributed by atoms with van der Waals surface area (Å²) in [5, 5.41) is 3.34. The van der Waals surface area contributed by atoms with Gasteiger partial charge < -0.3 is 19.7 Å². The normalized spacial score (nSPS) is 20.5. The van der Waals surface area contributed by atoms with Gasteiger partial charge in [0.05, 0.1) is 17.2 Å². The Kier molecular flexibility index (Phi) is 4.10. The Morgan fingerprint density at radius 1 is 1.19 bits per heavy atom. The van der Waals surface area contributed by atoms with Gasteiger partial charge in [0.15, 0.2) is 0 Å². The average Bonchev–Trinajstić information content (AvgIpc) is 3.10. The lowest BCUT2D eigenvalue weighted by Crippen LogP contribution is -2.53. The molecule has 1 unspecified atom stereocenters. The molecule has 1 N–H and O–H groups in total. The van der Waals surface area contributed by atoms with Gasteiger partial charge in [0, 0.05) is 45.3 Å². The summed E-state index contributed by atoms with van der Waals surface area (Å²) < 4.78 is 1.47. The number of fused-ring (bicyclic) bond motifs is 1. The summed E-state index contributed by atoms with van der Waals surface area (Å²) in [6.07, 6.45) is 2.55. The summed E-state index contributed by atoms with van der Waals surface area (Å²) in [5.74, 6) is -0.0315. The number of rotatable bonds is 2. The van der Waals surface area contributed by atoms with Crippen LogP contribution in [0.15, 0.2) is 29.3 Å². The highest BCUT2D eigenvalue weighted by atomic mass is 16.2. The van der Waals surface area contributed by atoms with Crippen LogP contribution in [0.3, 0.4) is 0 Å². The van der Waals surface area contributed by atoms with Crippen LogP contribution in [-0.4, -0.2) is 58.5 Å². The standard InChI is InChI=1S/C18H21N5O3/c1-21-11-19-15-10-12(2-3-13(15)17(21)25)22-6-8-23(9-7-22)18(26)14-4-5-16(24)20-14/h2-3,10-11,14H,4-9H2,1H3,(H,20,24). The summed E-state index contributed by atoms with van der Waals surface area (Å²) in [7, 11) is 1.69. The molecule has 2 fully saturated rings. The molecule has 0 spiro atoms. The van der Waals surface area contributed by atoms with Gasteiger partial charge in [-0.3, -0.25) is 14.4 Å². The van der Waals surface area contributed by atoms with Crippen molar-refractivity contribution in [3.8, 4) is 0 Å². The molecule has 2 saturated heterocycles. The lowest BCUT2D eigenvalue weighted by Gasteiger charge is -2.37. The number of piperazine rings is 1. The van der Waals surface area contributed by atoms with E-state index in [1.807, 2.05) is 23.1 Å². The van der Waals surface area contributed by atoms with E-state index in [0.29, 0.717) is 49.9 Å². The van der Waals surface area contributed by atoms with Gasteiger partial charge >= 0.3 is 0 Å². The summed E-state index contributed by atoms with van der Waals surface area (Å²) in [6, 6.07) is 5.30. The Balaban J connectivity index is 1.45. The topological polar surface area (TPSA) is 87.5 Å². The molecule has 4 rings (SSSR count). The molecule has 1 aromatic carbocycles. The average molecular weight is 355 g/mol. The predicted molar refractivity (Wildman–Crippen MR) is 96.9 cm³/mol. The molecule has 1 atom stereocenters. The van der Waals surface area contributed by atoms with Gasteiger partial charge in [-0.15, -0.1) is 0 Å². The van der Waals surface area contributed by atoms with Crippen molar-refractivity contribution in [2.24, 2.45) is 7.05 Å². The first-order valence-corrected chi connectivity index (χ1v) is 8.81. The van der Waals surface area contributed by atoms with Crippen LogP contribution in [0, 0.1) is 0 Å². The Morgan fingerprint density at radius 3 is 2.65 bits per heavy atom. The molecule has 1 aromatic heterocycles. The van der Waals surface area contributed by atoms with Crippen LogP contribution in [0.1, 0.15) is 12.8 Å². The maximum Gasteiger partial charge on any atom is 0.260 e. The molecular weight excluding hydrogens is 334 g/mol. The maximum atomic E-state index is 12.5. The van der Waals surface area contributed by atoms with Crippen molar-refractivity contribution in [2.45, 2.75) is 18.9 Å². The zero-order valence-electron chi connectivity index (χ0n) is 14.6. The highest BCUT2D eigenvalue weighted by Crippen LogP contribution is 2.21. The largest absolute Gasteiger partial charge is 0.368 e. The van der Waals surface area contributed by atoms with E-state index in [4.69, 9.17) is 0 Å². The van der Waals surface area contributed by atoms with Crippen LogP contribution in [-0.2, 0) is 16.6 Å². The van der Waals surface area contributed by atoms with Gasteiger partial charge in [0.2, 0.25) is 11.8 Å². The molecule has 2 aliphatic heterocycles. The van der Waals surface area contributed by atoms with E-state index >= 15 is 0 Å². The highest BCUT2D eigenvalue weighted by Gasteiger charge is 2.32. The Morgan fingerprint density at radius 2 is 1.96 bits per heavy atom. The molecule has 0 aliphatic carbocycles. The zero-order valence-corrected chi connectivity index (χ0v) is 14.6. The first-order chi connectivity index (χ1) is 12.5. The van der Waals surface area contributed by atoms with Crippen molar-refractivity contribution < 1.29 is 9.59 Å². The zero-order chi connectivity index (χ0) is 18.3. The van der Waals surface area contributed by atoms with Gasteiger partial charge in [0.1, 0.15) is 6.04 Å². The highest BCUT2D eigenvalue weighted by molar-refractivity contribution is 5.91. The smallest absolute Gasteiger partial charge is 0.260 e. The van der Waals surface area contributed by atoms with E-state index in [0.717, 1.165) is 5.69 Å². The van der Waals surface area contributed by atoms with E-state index in [9.17, 15) is 14.4 Å². The van der Waals surface area contributed by atoms with Gasteiger partial charge in [-0.25, -0.2) is 4.98 Å². The van der Waals surface area contributed by atoms with Gasteiger partial charge in [-0.1, -0.05) is 0 Å². The minimum Gasteiger partial charge on any atom is -0.368 e. The molecule has 2 aromatic rings. The van der Waals surface area contributed by atoms with Crippen LogP contribution in [0.5, 0.6) is 0 Å². The van der Waals surface area contributed by atoms with Gasteiger partial charge in [-0.2, -0.15) is 0 Å². The monoisotopic (exact) mass is 355 g/mol. The van der Waals surface area contributed by atoms with E-state index in [1.54, 1.807) is 7.05 Å². The predicted octanol–water partition coefficient (Wildman–Crippen LogP) is -0.139. The Bertz CT molecular complexity index is 930. The number of amides is 2. The second-order valence-corrected chi connectivity index (χ2v) is 6.83. The first kappa shape index (κ1) is 16.6. The summed E-state index contributed by atoms with van der Waals surface area (Å²) in [5.41, 5.74) is 1.62. The van der Waals surface area contributed by atoms with Crippen LogP contribution in [0.4, 0.5) is 5.69 Å². The van der Waals surface area contributed by atoms with Crippen LogP contribution in [0.2, 0.25) is 0 Å². The van der Waals surface area contributed by atoms with Crippen molar-refractivity contribution in [1.82, 2.24) is 19.8 Å². The third kappa shape index (κ3) is 2.91. The fourth-order valence-corrected chi connectivity index (χ4v) is 3.60. The molecule has 0 bridgehead atoms. The van der Waals surface area contributed by atoms with Crippen LogP contribution < -0.4 is 15.8 Å². The Hall–Kier alpha value is -2.90. The number of carbonyl (C=O) groups is 2. The molecule has 8 heteroatoms.